The number of benzene rings is 1. The van der Waals surface area contributed by atoms with Crippen molar-refractivity contribution in [3.8, 4) is 5.75 Å². The fourth-order valence-electron chi connectivity index (χ4n) is 3.93. The lowest BCUT2D eigenvalue weighted by Gasteiger charge is -2.23. The second-order valence-corrected chi connectivity index (χ2v) is 8.67. The summed E-state index contributed by atoms with van der Waals surface area (Å²) in [6.07, 6.45) is 2.60. The highest BCUT2D eigenvalue weighted by Crippen LogP contribution is 2.21. The number of carboxylic acids is 3. The van der Waals surface area contributed by atoms with Crippen LogP contribution in [0.2, 0.25) is 0 Å². The van der Waals surface area contributed by atoms with Crippen LogP contribution in [-0.2, 0) is 20.9 Å². The summed E-state index contributed by atoms with van der Waals surface area (Å²) >= 11 is 0. The minimum absolute atomic E-state index is 0.907. The van der Waals surface area contributed by atoms with Crippen molar-refractivity contribution in [3.63, 3.8) is 0 Å². The highest BCUT2D eigenvalue weighted by Gasteiger charge is 2.40. The van der Waals surface area contributed by atoms with E-state index in [0.717, 1.165) is 38.5 Å². The third kappa shape index (κ3) is 8.62. The van der Waals surface area contributed by atoms with Gasteiger partial charge in [0.1, 0.15) is 5.75 Å². The van der Waals surface area contributed by atoms with E-state index in [1.165, 1.54) is 23.4 Å². The molecule has 0 radical (unpaired) electrons. The number of aromatic nitrogens is 2. The average Bonchev–Trinajstić information content (AvgIpc) is 3.03. The normalized spacial score (nSPS) is 14.2. The molecule has 0 bridgehead atoms. The first-order valence-corrected chi connectivity index (χ1v) is 11.6. The first-order valence-electron chi connectivity index (χ1n) is 11.6. The SMILES string of the molecule is C=Cn1ncc(CN2CCCN(c3ccc(OC)cc3)CC2)c1C.O=C(O)CC(O)(CC(=O)O)C(=O)O. The summed E-state index contributed by atoms with van der Waals surface area (Å²) < 4.78 is 7.09. The summed E-state index contributed by atoms with van der Waals surface area (Å²) in [7, 11) is 1.70. The minimum Gasteiger partial charge on any atom is -0.497 e. The maximum atomic E-state index is 10.3. The number of carboxylic acid groups (broad SMARTS) is 3. The van der Waals surface area contributed by atoms with Gasteiger partial charge in [-0.25, -0.2) is 9.48 Å². The summed E-state index contributed by atoms with van der Waals surface area (Å²) in [5, 5.41) is 38.2. The van der Waals surface area contributed by atoms with Crippen molar-refractivity contribution in [1.29, 1.82) is 0 Å². The maximum Gasteiger partial charge on any atom is 0.336 e. The Balaban J connectivity index is 0.000000317. The van der Waals surface area contributed by atoms with Crippen molar-refractivity contribution in [2.75, 3.05) is 38.2 Å². The van der Waals surface area contributed by atoms with Crippen molar-refractivity contribution in [3.05, 3.63) is 48.3 Å². The molecule has 1 aromatic carbocycles. The number of aliphatic carboxylic acids is 3. The number of nitrogens with zero attached hydrogens (tertiary/aromatic N) is 4. The van der Waals surface area contributed by atoms with E-state index >= 15 is 0 Å². The number of carbonyl (C=O) groups is 3. The highest BCUT2D eigenvalue weighted by atomic mass is 16.5. The van der Waals surface area contributed by atoms with E-state index in [1.807, 2.05) is 23.0 Å². The third-order valence-corrected chi connectivity index (χ3v) is 6.02. The van der Waals surface area contributed by atoms with Gasteiger partial charge in [0, 0.05) is 55.9 Å². The van der Waals surface area contributed by atoms with E-state index in [2.05, 4.69) is 40.5 Å². The number of anilines is 1. The molecule has 12 heteroatoms. The van der Waals surface area contributed by atoms with E-state index in [4.69, 9.17) is 25.2 Å². The molecule has 0 unspecified atom stereocenters. The summed E-state index contributed by atoms with van der Waals surface area (Å²) in [4.78, 5) is 35.5. The first kappa shape index (κ1) is 29.3. The molecule has 12 nitrogen and oxygen atoms in total. The van der Waals surface area contributed by atoms with Gasteiger partial charge in [0.15, 0.2) is 5.60 Å². The van der Waals surface area contributed by atoms with Crippen LogP contribution >= 0.6 is 0 Å². The molecule has 2 aromatic rings. The predicted octanol–water partition coefficient (Wildman–Crippen LogP) is 1.76. The lowest BCUT2D eigenvalue weighted by atomic mass is 9.96. The van der Waals surface area contributed by atoms with Gasteiger partial charge in [-0.15, -0.1) is 0 Å². The Bertz CT molecular complexity index is 1070. The van der Waals surface area contributed by atoms with Crippen LogP contribution in [0.3, 0.4) is 0 Å². The van der Waals surface area contributed by atoms with Gasteiger partial charge in [0.05, 0.1) is 26.1 Å². The lowest BCUT2D eigenvalue weighted by molar-refractivity contribution is -0.170. The highest BCUT2D eigenvalue weighted by molar-refractivity contribution is 5.88. The number of hydrogen-bond acceptors (Lipinski definition) is 8. The standard InChI is InChI=1S/C19H26N4O.C6H8O7/c1-4-23-16(2)17(14-20-23)15-21-10-5-11-22(13-12-21)18-6-8-19(24-3)9-7-18;7-3(8)1-6(13,5(11)12)2-4(9)10/h4,6-9,14H,1,5,10-13,15H2,2-3H3;13H,1-2H2,(H,7,8)(H,9,10)(H,11,12). The Morgan fingerprint density at radius 2 is 1.68 bits per heavy atom. The van der Waals surface area contributed by atoms with Crippen molar-refractivity contribution in [2.45, 2.75) is 38.3 Å². The maximum absolute atomic E-state index is 10.3. The molecule has 1 fully saturated rings. The van der Waals surface area contributed by atoms with E-state index in [9.17, 15) is 14.4 Å². The molecule has 2 heterocycles. The van der Waals surface area contributed by atoms with Crippen LogP contribution in [0.1, 0.15) is 30.5 Å². The van der Waals surface area contributed by atoms with E-state index in [1.54, 1.807) is 13.3 Å². The zero-order valence-corrected chi connectivity index (χ0v) is 21.0. The minimum atomic E-state index is -2.74. The van der Waals surface area contributed by atoms with Gasteiger partial charge in [0.25, 0.3) is 0 Å². The zero-order chi connectivity index (χ0) is 27.6. The summed E-state index contributed by atoms with van der Waals surface area (Å²) in [5.41, 5.74) is 1.000. The molecule has 0 spiro atoms. The summed E-state index contributed by atoms with van der Waals surface area (Å²) in [5.74, 6) is -4.11. The molecule has 0 amide bonds. The van der Waals surface area contributed by atoms with Crippen LogP contribution < -0.4 is 9.64 Å². The van der Waals surface area contributed by atoms with Gasteiger partial charge in [-0.1, -0.05) is 6.58 Å². The van der Waals surface area contributed by atoms with Crippen LogP contribution in [-0.4, -0.2) is 91.9 Å². The number of hydrogen-bond donors (Lipinski definition) is 4. The molecule has 1 saturated heterocycles. The molecule has 1 aliphatic rings. The Morgan fingerprint density at radius 3 is 2.16 bits per heavy atom. The van der Waals surface area contributed by atoms with Gasteiger partial charge < -0.3 is 30.1 Å². The molecule has 0 saturated carbocycles. The van der Waals surface area contributed by atoms with Crippen molar-refractivity contribution in [2.24, 2.45) is 0 Å². The molecule has 0 atom stereocenters. The molecular weight excluding hydrogens is 484 g/mol. The van der Waals surface area contributed by atoms with Crippen LogP contribution in [0, 0.1) is 6.92 Å². The Kier molecular flexibility index (Phi) is 10.6. The molecule has 1 aromatic heterocycles. The fourth-order valence-corrected chi connectivity index (χ4v) is 3.93. The quantitative estimate of drug-likeness (QED) is 0.362. The first-order chi connectivity index (χ1) is 17.5. The number of ether oxygens (including phenoxy) is 1. The molecule has 37 heavy (non-hydrogen) atoms. The smallest absolute Gasteiger partial charge is 0.336 e. The molecule has 1 aliphatic heterocycles. The number of rotatable bonds is 10. The fraction of sp³-hybridized carbons (Fsp3) is 0.440. The summed E-state index contributed by atoms with van der Waals surface area (Å²) in [6.45, 7) is 11.2. The van der Waals surface area contributed by atoms with Gasteiger partial charge in [-0.05, 0) is 37.6 Å². The van der Waals surface area contributed by atoms with Crippen LogP contribution in [0.25, 0.3) is 6.20 Å². The van der Waals surface area contributed by atoms with Gasteiger partial charge in [-0.2, -0.15) is 5.10 Å². The van der Waals surface area contributed by atoms with Crippen LogP contribution in [0.4, 0.5) is 5.69 Å². The van der Waals surface area contributed by atoms with E-state index < -0.39 is 36.4 Å². The lowest BCUT2D eigenvalue weighted by Crippen LogP contribution is -2.42. The zero-order valence-electron chi connectivity index (χ0n) is 21.0. The van der Waals surface area contributed by atoms with E-state index in [0.29, 0.717) is 0 Å². The Morgan fingerprint density at radius 1 is 1.05 bits per heavy atom. The van der Waals surface area contributed by atoms with Gasteiger partial charge in [-0.3, -0.25) is 14.5 Å². The summed E-state index contributed by atoms with van der Waals surface area (Å²) in [6, 6.07) is 8.36. The average molecular weight is 519 g/mol. The molecule has 0 aliphatic carbocycles. The topological polar surface area (TPSA) is 166 Å². The van der Waals surface area contributed by atoms with E-state index in [-0.39, 0.29) is 0 Å². The largest absolute Gasteiger partial charge is 0.497 e. The Hall–Kier alpha value is -3.90. The number of methoxy groups -OCH3 is 1. The molecule has 202 valence electrons. The molecule has 3 rings (SSSR count). The monoisotopic (exact) mass is 518 g/mol. The van der Waals surface area contributed by atoms with Crippen molar-refractivity contribution < 1.29 is 39.5 Å². The predicted molar refractivity (Wildman–Crippen MR) is 136 cm³/mol. The van der Waals surface area contributed by atoms with Crippen molar-refractivity contribution in [1.82, 2.24) is 14.7 Å². The van der Waals surface area contributed by atoms with Crippen LogP contribution in [0.5, 0.6) is 5.75 Å². The number of aliphatic hydroxyl groups is 1. The van der Waals surface area contributed by atoms with Gasteiger partial charge in [0.2, 0.25) is 0 Å². The Labute approximate surface area is 215 Å². The second-order valence-electron chi connectivity index (χ2n) is 8.67. The van der Waals surface area contributed by atoms with Crippen molar-refractivity contribution >= 4 is 29.8 Å². The second kappa shape index (κ2) is 13.4. The van der Waals surface area contributed by atoms with Gasteiger partial charge >= 0.3 is 17.9 Å². The third-order valence-electron chi connectivity index (χ3n) is 6.02. The molecule has 4 N–H and O–H groups in total. The molecular formula is C25H34N4O8. The van der Waals surface area contributed by atoms with Crippen LogP contribution in [0.15, 0.2) is 37.0 Å².